The van der Waals surface area contributed by atoms with E-state index in [9.17, 15) is 4.79 Å². The average Bonchev–Trinajstić information content (AvgIpc) is 2.80. The first-order valence-corrected chi connectivity index (χ1v) is 7.38. The van der Waals surface area contributed by atoms with Gasteiger partial charge in [0.05, 0.1) is 12.3 Å². The first-order valence-electron chi connectivity index (χ1n) is 6.59. The minimum atomic E-state index is 0. The van der Waals surface area contributed by atoms with E-state index < -0.39 is 0 Å². The number of hydrogen-bond donors (Lipinski definition) is 2. The van der Waals surface area contributed by atoms with Gasteiger partial charge >= 0.3 is 0 Å². The van der Waals surface area contributed by atoms with E-state index in [0.717, 1.165) is 29.4 Å². The molecule has 0 aliphatic heterocycles. The molecule has 0 radical (unpaired) electrons. The number of carbonyl (C=O) groups excluding carboxylic acids is 1. The van der Waals surface area contributed by atoms with Gasteiger partial charge in [-0.05, 0) is 44.4 Å². The summed E-state index contributed by atoms with van der Waals surface area (Å²) >= 11 is 3.40. The maximum Gasteiger partial charge on any atom is 0.227 e. The zero-order chi connectivity index (χ0) is 13.8. The van der Waals surface area contributed by atoms with E-state index in [4.69, 9.17) is 10.5 Å². The van der Waals surface area contributed by atoms with E-state index >= 15 is 0 Å². The van der Waals surface area contributed by atoms with Crippen LogP contribution in [0.2, 0.25) is 0 Å². The first-order chi connectivity index (χ1) is 9.10. The minimum absolute atomic E-state index is 0. The molecule has 1 amide bonds. The zero-order valence-electron chi connectivity index (χ0n) is 11.4. The molecule has 1 aromatic carbocycles. The van der Waals surface area contributed by atoms with Crippen molar-refractivity contribution in [2.75, 3.05) is 11.9 Å². The van der Waals surface area contributed by atoms with Crippen molar-refractivity contribution in [3.8, 4) is 5.75 Å². The van der Waals surface area contributed by atoms with Crippen LogP contribution >= 0.6 is 28.3 Å². The van der Waals surface area contributed by atoms with Crippen LogP contribution in [0, 0.1) is 5.92 Å². The molecular weight excluding hydrogens is 344 g/mol. The Morgan fingerprint density at radius 2 is 2.25 bits per heavy atom. The smallest absolute Gasteiger partial charge is 0.227 e. The zero-order valence-corrected chi connectivity index (χ0v) is 13.8. The van der Waals surface area contributed by atoms with Gasteiger partial charge in [0.1, 0.15) is 5.75 Å². The van der Waals surface area contributed by atoms with Crippen molar-refractivity contribution in [1.82, 2.24) is 0 Å². The maximum absolute atomic E-state index is 12.2. The summed E-state index contributed by atoms with van der Waals surface area (Å²) in [5.41, 5.74) is 6.56. The summed E-state index contributed by atoms with van der Waals surface area (Å²) in [7, 11) is 0. The molecule has 1 aliphatic rings. The number of rotatable bonds is 4. The van der Waals surface area contributed by atoms with Crippen molar-refractivity contribution in [3.63, 3.8) is 0 Å². The summed E-state index contributed by atoms with van der Waals surface area (Å²) in [4.78, 5) is 12.2. The van der Waals surface area contributed by atoms with Crippen LogP contribution in [0.5, 0.6) is 5.75 Å². The van der Waals surface area contributed by atoms with Gasteiger partial charge < -0.3 is 15.8 Å². The molecule has 1 saturated carbocycles. The summed E-state index contributed by atoms with van der Waals surface area (Å²) in [6.45, 7) is 2.48. The summed E-state index contributed by atoms with van der Waals surface area (Å²) in [6, 6.07) is 5.76. The van der Waals surface area contributed by atoms with Gasteiger partial charge in [-0.2, -0.15) is 0 Å². The molecule has 2 unspecified atom stereocenters. The number of amides is 1. The molecule has 6 heteroatoms. The molecule has 1 fully saturated rings. The Morgan fingerprint density at radius 3 is 2.85 bits per heavy atom. The van der Waals surface area contributed by atoms with Crippen LogP contribution in [-0.2, 0) is 4.79 Å². The summed E-state index contributed by atoms with van der Waals surface area (Å²) in [6.07, 6.45) is 2.57. The maximum atomic E-state index is 12.2. The number of carbonyl (C=O) groups is 1. The van der Waals surface area contributed by atoms with Crippen molar-refractivity contribution in [2.24, 2.45) is 11.7 Å². The number of nitrogens with one attached hydrogen (secondary N) is 1. The van der Waals surface area contributed by atoms with Crippen molar-refractivity contribution in [1.29, 1.82) is 0 Å². The number of halogens is 2. The van der Waals surface area contributed by atoms with Gasteiger partial charge in [0.25, 0.3) is 0 Å². The molecule has 20 heavy (non-hydrogen) atoms. The van der Waals surface area contributed by atoms with Crippen LogP contribution in [0.1, 0.15) is 26.2 Å². The topological polar surface area (TPSA) is 64.3 Å². The van der Waals surface area contributed by atoms with Gasteiger partial charge in [-0.15, -0.1) is 12.4 Å². The van der Waals surface area contributed by atoms with Crippen LogP contribution in [0.3, 0.4) is 0 Å². The predicted octanol–water partition coefficient (Wildman–Crippen LogP) is 3.34. The predicted molar refractivity (Wildman–Crippen MR) is 86.5 cm³/mol. The van der Waals surface area contributed by atoms with E-state index in [2.05, 4.69) is 21.2 Å². The fourth-order valence-corrected chi connectivity index (χ4v) is 2.70. The SMILES string of the molecule is CCOc1cc(Br)ccc1NC(=O)C1CCC(N)C1.Cl. The second-order valence-corrected chi connectivity index (χ2v) is 5.75. The van der Waals surface area contributed by atoms with Gasteiger partial charge in [0.2, 0.25) is 5.91 Å². The van der Waals surface area contributed by atoms with E-state index in [1.807, 2.05) is 25.1 Å². The Balaban J connectivity index is 0.00000200. The van der Waals surface area contributed by atoms with Gasteiger partial charge in [0, 0.05) is 16.4 Å². The van der Waals surface area contributed by atoms with Crippen LogP contribution in [0.4, 0.5) is 5.69 Å². The van der Waals surface area contributed by atoms with Crippen LogP contribution in [0.25, 0.3) is 0 Å². The number of nitrogens with two attached hydrogens (primary N) is 1. The molecule has 3 N–H and O–H groups in total. The molecule has 2 rings (SSSR count). The minimum Gasteiger partial charge on any atom is -0.492 e. The molecule has 0 bridgehead atoms. The van der Waals surface area contributed by atoms with E-state index in [0.29, 0.717) is 12.4 Å². The van der Waals surface area contributed by atoms with Crippen molar-refractivity contribution in [2.45, 2.75) is 32.2 Å². The monoisotopic (exact) mass is 362 g/mol. The Hall–Kier alpha value is -0.780. The quantitative estimate of drug-likeness (QED) is 0.862. The number of hydrogen-bond acceptors (Lipinski definition) is 3. The average molecular weight is 364 g/mol. The molecule has 4 nitrogen and oxygen atoms in total. The molecule has 112 valence electrons. The lowest BCUT2D eigenvalue weighted by atomic mass is 10.1. The largest absolute Gasteiger partial charge is 0.492 e. The fourth-order valence-electron chi connectivity index (χ4n) is 2.36. The molecule has 0 saturated heterocycles. The molecule has 2 atom stereocenters. The molecule has 1 aliphatic carbocycles. The van der Waals surface area contributed by atoms with Crippen LogP contribution in [-0.4, -0.2) is 18.6 Å². The molecular formula is C14H20BrClN2O2. The highest BCUT2D eigenvalue weighted by atomic mass is 79.9. The third-order valence-electron chi connectivity index (χ3n) is 3.35. The van der Waals surface area contributed by atoms with Gasteiger partial charge in [0.15, 0.2) is 0 Å². The van der Waals surface area contributed by atoms with Crippen LogP contribution < -0.4 is 15.8 Å². The standard InChI is InChI=1S/C14H19BrN2O2.ClH/c1-2-19-13-8-10(15)4-6-12(13)17-14(18)9-3-5-11(16)7-9;/h4,6,8-9,11H,2-3,5,7,16H2,1H3,(H,17,18);1H. The Labute approximate surface area is 134 Å². The number of benzene rings is 1. The Morgan fingerprint density at radius 1 is 1.50 bits per heavy atom. The third kappa shape index (κ3) is 4.36. The lowest BCUT2D eigenvalue weighted by molar-refractivity contribution is -0.119. The summed E-state index contributed by atoms with van der Waals surface area (Å²) in [5, 5.41) is 2.94. The Bertz CT molecular complexity index is 470. The number of anilines is 1. The van der Waals surface area contributed by atoms with E-state index in [1.165, 1.54) is 0 Å². The summed E-state index contributed by atoms with van der Waals surface area (Å²) in [5.74, 6) is 0.747. The normalized spacial score (nSPS) is 21.1. The fraction of sp³-hybridized carbons (Fsp3) is 0.500. The van der Waals surface area contributed by atoms with Crippen molar-refractivity contribution in [3.05, 3.63) is 22.7 Å². The van der Waals surface area contributed by atoms with E-state index in [1.54, 1.807) is 0 Å². The van der Waals surface area contributed by atoms with E-state index in [-0.39, 0.29) is 30.3 Å². The highest BCUT2D eigenvalue weighted by Crippen LogP contribution is 2.31. The molecule has 0 aromatic heterocycles. The van der Waals surface area contributed by atoms with Gasteiger partial charge in [-0.1, -0.05) is 15.9 Å². The second kappa shape index (κ2) is 7.86. The Kier molecular flexibility index (Phi) is 6.79. The highest BCUT2D eigenvalue weighted by molar-refractivity contribution is 9.10. The van der Waals surface area contributed by atoms with Crippen LogP contribution in [0.15, 0.2) is 22.7 Å². The first kappa shape index (κ1) is 17.3. The van der Waals surface area contributed by atoms with Crippen molar-refractivity contribution >= 4 is 39.9 Å². The molecule has 0 heterocycles. The van der Waals surface area contributed by atoms with Gasteiger partial charge in [-0.25, -0.2) is 0 Å². The third-order valence-corrected chi connectivity index (χ3v) is 3.84. The second-order valence-electron chi connectivity index (χ2n) is 4.83. The summed E-state index contributed by atoms with van der Waals surface area (Å²) < 4.78 is 6.46. The van der Waals surface area contributed by atoms with Crippen molar-refractivity contribution < 1.29 is 9.53 Å². The lowest BCUT2D eigenvalue weighted by Crippen LogP contribution is -2.23. The van der Waals surface area contributed by atoms with Gasteiger partial charge in [-0.3, -0.25) is 4.79 Å². The lowest BCUT2D eigenvalue weighted by Gasteiger charge is -2.14. The molecule has 0 spiro atoms. The number of ether oxygens (including phenoxy) is 1. The molecule has 1 aromatic rings. The highest BCUT2D eigenvalue weighted by Gasteiger charge is 2.28.